The summed E-state index contributed by atoms with van der Waals surface area (Å²) in [4.78, 5) is 17.1. The molecule has 3 rings (SSSR count). The second-order valence-electron chi connectivity index (χ2n) is 7.62. The maximum absolute atomic E-state index is 12.6. The van der Waals surface area contributed by atoms with Crippen LogP contribution in [0.25, 0.3) is 10.9 Å². The molecule has 1 aromatic heterocycles. The molecule has 0 aliphatic heterocycles. The summed E-state index contributed by atoms with van der Waals surface area (Å²) >= 11 is 0. The minimum absolute atomic E-state index is 0. The van der Waals surface area contributed by atoms with E-state index in [1.54, 1.807) is 0 Å². The van der Waals surface area contributed by atoms with Gasteiger partial charge < -0.3 is 0 Å². The lowest BCUT2D eigenvalue weighted by Crippen LogP contribution is -2.31. The van der Waals surface area contributed by atoms with E-state index in [-0.39, 0.29) is 18.5 Å². The summed E-state index contributed by atoms with van der Waals surface area (Å²) in [6.45, 7) is 7.17. The molecule has 0 unspecified atom stereocenters. The maximum atomic E-state index is 12.6. The molecule has 0 atom stereocenters. The van der Waals surface area contributed by atoms with Crippen molar-refractivity contribution in [1.29, 1.82) is 0 Å². The predicted molar refractivity (Wildman–Crippen MR) is 98.0 cm³/mol. The average Bonchev–Trinajstić information content (AvgIpc) is 2.50. The molecule has 1 aliphatic rings. The Morgan fingerprint density at radius 3 is 2.43 bits per heavy atom. The Morgan fingerprint density at radius 2 is 1.78 bits per heavy atom. The van der Waals surface area contributed by atoms with Crippen LogP contribution in [0.1, 0.15) is 66.0 Å². The second-order valence-corrected chi connectivity index (χ2v) is 7.62. The van der Waals surface area contributed by atoms with Gasteiger partial charge in [0.25, 0.3) is 0 Å². The summed E-state index contributed by atoms with van der Waals surface area (Å²) in [6.07, 6.45) is 6.41. The highest BCUT2D eigenvalue weighted by molar-refractivity contribution is 5.82. The molecule has 0 saturated heterocycles. The average molecular weight is 314 g/mol. The van der Waals surface area contributed by atoms with Gasteiger partial charge in [0, 0.05) is 17.3 Å². The summed E-state index contributed by atoms with van der Waals surface area (Å²) in [7, 11) is 0. The van der Waals surface area contributed by atoms with Gasteiger partial charge in [-0.05, 0) is 24.8 Å². The van der Waals surface area contributed by atoms with Gasteiger partial charge in [-0.3, -0.25) is 4.57 Å². The molecule has 1 heterocycles. The standard InChI is InChI=1S/C19H26N2O.CH4/c1-19(2,3)17-15-11-7-8-12-16(15)21(18(22)20-17)13-14-9-5-4-6-10-14;/h7-8,11-12,14H,4-6,9-10,13H2,1-3H3;1H4. The Bertz CT molecular complexity index is 718. The largest absolute Gasteiger partial charge is 0.348 e. The topological polar surface area (TPSA) is 34.9 Å². The molecule has 1 fully saturated rings. The van der Waals surface area contributed by atoms with Crippen molar-refractivity contribution in [1.82, 2.24) is 9.55 Å². The lowest BCUT2D eigenvalue weighted by molar-refractivity contribution is 0.318. The first-order valence-electron chi connectivity index (χ1n) is 8.47. The molecule has 2 aromatic rings. The van der Waals surface area contributed by atoms with Gasteiger partial charge in [0.15, 0.2) is 0 Å². The highest BCUT2D eigenvalue weighted by Crippen LogP contribution is 2.29. The van der Waals surface area contributed by atoms with Crippen LogP contribution >= 0.6 is 0 Å². The molecule has 126 valence electrons. The van der Waals surface area contributed by atoms with E-state index in [1.165, 1.54) is 32.1 Å². The Morgan fingerprint density at radius 1 is 1.13 bits per heavy atom. The van der Waals surface area contributed by atoms with E-state index < -0.39 is 0 Å². The van der Waals surface area contributed by atoms with Gasteiger partial charge in [-0.25, -0.2) is 4.79 Å². The predicted octanol–water partition coefficient (Wildman–Crippen LogP) is 4.91. The van der Waals surface area contributed by atoms with Crippen LogP contribution in [0.2, 0.25) is 0 Å². The van der Waals surface area contributed by atoms with Crippen LogP contribution in [0, 0.1) is 5.92 Å². The minimum atomic E-state index is -0.122. The Balaban J connectivity index is 0.00000192. The smallest absolute Gasteiger partial charge is 0.292 e. The summed E-state index contributed by atoms with van der Waals surface area (Å²) < 4.78 is 1.90. The van der Waals surface area contributed by atoms with Crippen molar-refractivity contribution < 1.29 is 0 Å². The molecule has 1 aromatic carbocycles. The number of benzene rings is 1. The van der Waals surface area contributed by atoms with Crippen molar-refractivity contribution in [2.75, 3.05) is 0 Å². The van der Waals surface area contributed by atoms with Gasteiger partial charge in [0.05, 0.1) is 11.2 Å². The molecule has 3 heteroatoms. The fraction of sp³-hybridized carbons (Fsp3) is 0.600. The van der Waals surface area contributed by atoms with E-state index in [9.17, 15) is 4.79 Å². The van der Waals surface area contributed by atoms with Gasteiger partial charge in [0.2, 0.25) is 0 Å². The maximum Gasteiger partial charge on any atom is 0.348 e. The fourth-order valence-electron chi connectivity index (χ4n) is 3.60. The Labute approximate surface area is 139 Å². The third-order valence-electron chi connectivity index (χ3n) is 4.76. The van der Waals surface area contributed by atoms with E-state index in [0.717, 1.165) is 23.1 Å². The fourth-order valence-corrected chi connectivity index (χ4v) is 3.60. The lowest BCUT2D eigenvalue weighted by atomic mass is 9.88. The molecular formula is C20H30N2O. The van der Waals surface area contributed by atoms with Crippen molar-refractivity contribution in [2.45, 2.75) is 72.3 Å². The highest BCUT2D eigenvalue weighted by atomic mass is 16.1. The van der Waals surface area contributed by atoms with Gasteiger partial charge >= 0.3 is 5.69 Å². The minimum Gasteiger partial charge on any atom is -0.292 e. The third kappa shape index (κ3) is 3.65. The van der Waals surface area contributed by atoms with E-state index in [1.807, 2.05) is 16.7 Å². The van der Waals surface area contributed by atoms with E-state index in [2.05, 4.69) is 37.9 Å². The van der Waals surface area contributed by atoms with Crippen molar-refractivity contribution in [3.05, 3.63) is 40.4 Å². The first-order valence-corrected chi connectivity index (χ1v) is 8.47. The van der Waals surface area contributed by atoms with Gasteiger partial charge in [-0.2, -0.15) is 4.98 Å². The zero-order valence-corrected chi connectivity index (χ0v) is 13.9. The number of hydrogen-bond acceptors (Lipinski definition) is 2. The number of aromatic nitrogens is 2. The zero-order valence-electron chi connectivity index (χ0n) is 13.9. The molecule has 0 spiro atoms. The third-order valence-corrected chi connectivity index (χ3v) is 4.76. The first kappa shape index (κ1) is 17.7. The summed E-state index contributed by atoms with van der Waals surface area (Å²) in [5.41, 5.74) is 1.74. The number of para-hydroxylation sites is 1. The van der Waals surface area contributed by atoms with E-state index >= 15 is 0 Å². The van der Waals surface area contributed by atoms with Gasteiger partial charge in [-0.1, -0.05) is 65.7 Å². The van der Waals surface area contributed by atoms with Crippen LogP contribution in [0.15, 0.2) is 29.1 Å². The van der Waals surface area contributed by atoms with Crippen LogP contribution in [0.5, 0.6) is 0 Å². The van der Waals surface area contributed by atoms with E-state index in [0.29, 0.717) is 5.92 Å². The Hall–Kier alpha value is -1.64. The zero-order chi connectivity index (χ0) is 15.7. The normalized spacial score (nSPS) is 16.3. The number of hydrogen-bond donors (Lipinski definition) is 0. The van der Waals surface area contributed by atoms with Crippen LogP contribution in [-0.2, 0) is 12.0 Å². The number of nitrogens with zero attached hydrogens (tertiary/aromatic N) is 2. The molecule has 1 saturated carbocycles. The number of rotatable bonds is 2. The van der Waals surface area contributed by atoms with Crippen molar-refractivity contribution >= 4 is 10.9 Å². The van der Waals surface area contributed by atoms with Crippen LogP contribution in [0.4, 0.5) is 0 Å². The van der Waals surface area contributed by atoms with Crippen LogP contribution < -0.4 is 5.69 Å². The monoisotopic (exact) mass is 314 g/mol. The molecule has 23 heavy (non-hydrogen) atoms. The molecule has 0 amide bonds. The van der Waals surface area contributed by atoms with Gasteiger partial charge in [0.1, 0.15) is 0 Å². The van der Waals surface area contributed by atoms with Crippen molar-refractivity contribution in [3.8, 4) is 0 Å². The second kappa shape index (κ2) is 6.86. The molecular weight excluding hydrogens is 284 g/mol. The van der Waals surface area contributed by atoms with Crippen LogP contribution in [-0.4, -0.2) is 9.55 Å². The molecule has 0 N–H and O–H groups in total. The van der Waals surface area contributed by atoms with Crippen molar-refractivity contribution in [3.63, 3.8) is 0 Å². The van der Waals surface area contributed by atoms with Crippen molar-refractivity contribution in [2.24, 2.45) is 5.92 Å². The summed E-state index contributed by atoms with van der Waals surface area (Å²) in [6, 6.07) is 8.22. The summed E-state index contributed by atoms with van der Waals surface area (Å²) in [5, 5.41) is 1.12. The SMILES string of the molecule is C.CC(C)(C)c1nc(=O)n(CC2CCCCC2)c2ccccc12. The van der Waals surface area contributed by atoms with E-state index in [4.69, 9.17) is 0 Å². The van der Waals surface area contributed by atoms with Gasteiger partial charge in [-0.15, -0.1) is 0 Å². The highest BCUT2D eigenvalue weighted by Gasteiger charge is 2.22. The summed E-state index contributed by atoms with van der Waals surface area (Å²) in [5.74, 6) is 0.622. The van der Waals surface area contributed by atoms with Crippen LogP contribution in [0.3, 0.4) is 0 Å². The molecule has 0 radical (unpaired) electrons. The molecule has 1 aliphatic carbocycles. The number of fused-ring (bicyclic) bond motifs is 1. The first-order chi connectivity index (χ1) is 10.5. The quantitative estimate of drug-likeness (QED) is 0.789. The lowest BCUT2D eigenvalue weighted by Gasteiger charge is -2.25. The Kier molecular flexibility index (Phi) is 5.28. The molecule has 0 bridgehead atoms. The molecule has 3 nitrogen and oxygen atoms in total.